The van der Waals surface area contributed by atoms with E-state index in [2.05, 4.69) is 5.32 Å². The summed E-state index contributed by atoms with van der Waals surface area (Å²) in [4.78, 5) is 0. The zero-order chi connectivity index (χ0) is 20.6. The molecule has 2 aromatic carbocycles. The maximum atomic E-state index is 10.1. The lowest BCUT2D eigenvalue weighted by atomic mass is 10.1. The second kappa shape index (κ2) is 9.91. The Labute approximate surface area is 153 Å². The predicted octanol–water partition coefficient (Wildman–Crippen LogP) is 2.58. The highest BCUT2D eigenvalue weighted by Crippen LogP contribution is 2.27. The molecule has 0 radical (unpaired) electrons. The van der Waals surface area contributed by atoms with Crippen molar-refractivity contribution in [2.45, 2.75) is 19.4 Å². The molecule has 25 heavy (non-hydrogen) atoms. The number of benzene rings is 2. The van der Waals surface area contributed by atoms with Crippen LogP contribution in [0.3, 0.4) is 0 Å². The van der Waals surface area contributed by atoms with Gasteiger partial charge in [-0.25, -0.2) is 0 Å². The topological polar surface area (TPSA) is 60.0 Å². The molecule has 2 N–H and O–H groups in total. The van der Waals surface area contributed by atoms with Crippen LogP contribution in [0, 0.1) is 6.85 Å². The minimum atomic E-state index is -2.18. The molecule has 0 aliphatic rings. The van der Waals surface area contributed by atoms with E-state index in [9.17, 15) is 5.11 Å². The fourth-order valence-corrected chi connectivity index (χ4v) is 2.37. The van der Waals surface area contributed by atoms with Crippen LogP contribution < -0.4 is 19.5 Å². The van der Waals surface area contributed by atoms with Gasteiger partial charge in [0, 0.05) is 10.7 Å². The van der Waals surface area contributed by atoms with Crippen LogP contribution in [0.1, 0.15) is 15.2 Å². The van der Waals surface area contributed by atoms with E-state index < -0.39 is 13.0 Å². The number of hydrogen-bond acceptors (Lipinski definition) is 5. The van der Waals surface area contributed by atoms with Gasteiger partial charge < -0.3 is 24.6 Å². The van der Waals surface area contributed by atoms with Gasteiger partial charge in [-0.1, -0.05) is 18.2 Å². The van der Waals surface area contributed by atoms with Crippen LogP contribution in [0.4, 0.5) is 0 Å². The number of aliphatic hydroxyl groups is 1. The van der Waals surface area contributed by atoms with Gasteiger partial charge in [-0.05, 0) is 55.2 Å². The Morgan fingerprint density at radius 2 is 1.96 bits per heavy atom. The second-order valence-corrected chi connectivity index (χ2v) is 5.64. The fraction of sp³-hybridized carbons (Fsp3) is 0.400. The Morgan fingerprint density at radius 3 is 2.72 bits per heavy atom. The number of ether oxygens (including phenoxy) is 3. The van der Waals surface area contributed by atoms with Crippen molar-refractivity contribution in [2.75, 3.05) is 33.9 Å². The molecule has 0 spiro atoms. The highest BCUT2D eigenvalue weighted by Gasteiger charge is 2.07. The average molecular weight is 348 g/mol. The maximum absolute atomic E-state index is 10.1. The third kappa shape index (κ3) is 6.29. The summed E-state index contributed by atoms with van der Waals surface area (Å²) in [5.74, 6) is 1.81. The zero-order valence-corrected chi connectivity index (χ0v) is 14.6. The summed E-state index contributed by atoms with van der Waals surface area (Å²) in [6, 6.07) is 12.1. The molecule has 0 heterocycles. The summed E-state index contributed by atoms with van der Waals surface area (Å²) in [5, 5.41) is 13.2. The number of nitrogens with one attached hydrogen (secondary N) is 1. The van der Waals surface area contributed by atoms with Crippen LogP contribution >= 0.6 is 0 Å². The zero-order valence-electron chi connectivity index (χ0n) is 17.6. The molecule has 5 nitrogen and oxygen atoms in total. The molecule has 2 aromatic rings. The molecule has 0 saturated heterocycles. The summed E-state index contributed by atoms with van der Waals surface area (Å²) in [6.45, 7) is -1.05. The summed E-state index contributed by atoms with van der Waals surface area (Å²) >= 11 is 0. The van der Waals surface area contributed by atoms with Crippen LogP contribution in [-0.2, 0) is 6.42 Å². The highest BCUT2D eigenvalue weighted by atomic mass is 16.5. The Morgan fingerprint density at radius 1 is 1.12 bits per heavy atom. The largest absolute Gasteiger partial charge is 0.493 e. The van der Waals surface area contributed by atoms with Gasteiger partial charge in [0.05, 0.1) is 14.2 Å². The molecule has 0 fully saturated rings. The SMILES string of the molecule is [2H]C([2H])([2H])c1cccc(OCC(O)CNCCc2ccc(OC)c(OC)c2)c1. The van der Waals surface area contributed by atoms with Gasteiger partial charge >= 0.3 is 0 Å². The third-order valence-electron chi connectivity index (χ3n) is 3.69. The summed E-state index contributed by atoms with van der Waals surface area (Å²) in [6.07, 6.45) is 0.0657. The quantitative estimate of drug-likeness (QED) is 0.646. The molecule has 0 aliphatic heterocycles. The van der Waals surface area contributed by atoms with Gasteiger partial charge in [-0.15, -0.1) is 0 Å². The lowest BCUT2D eigenvalue weighted by molar-refractivity contribution is 0.106. The van der Waals surface area contributed by atoms with Crippen LogP contribution in [-0.4, -0.2) is 45.1 Å². The molecule has 2 rings (SSSR count). The first-order valence-corrected chi connectivity index (χ1v) is 8.16. The van der Waals surface area contributed by atoms with Crippen molar-refractivity contribution in [3.05, 3.63) is 53.6 Å². The lowest BCUT2D eigenvalue weighted by Gasteiger charge is -2.14. The van der Waals surface area contributed by atoms with E-state index in [0.717, 1.165) is 12.0 Å². The Balaban J connectivity index is 1.73. The van der Waals surface area contributed by atoms with Gasteiger partial charge in [0.15, 0.2) is 11.5 Å². The fourth-order valence-electron chi connectivity index (χ4n) is 2.37. The first-order valence-electron chi connectivity index (χ1n) is 9.66. The Hall–Kier alpha value is -2.24. The summed E-state index contributed by atoms with van der Waals surface area (Å²) in [5.41, 5.74) is 1.31. The van der Waals surface area contributed by atoms with E-state index in [-0.39, 0.29) is 12.2 Å². The number of rotatable bonds is 10. The van der Waals surface area contributed by atoms with E-state index in [1.807, 2.05) is 18.2 Å². The van der Waals surface area contributed by atoms with Crippen LogP contribution in [0.25, 0.3) is 0 Å². The lowest BCUT2D eigenvalue weighted by Crippen LogP contribution is -2.32. The third-order valence-corrected chi connectivity index (χ3v) is 3.69. The summed E-state index contributed by atoms with van der Waals surface area (Å²) < 4.78 is 38.3. The van der Waals surface area contributed by atoms with Crippen molar-refractivity contribution in [2.24, 2.45) is 0 Å². The molecule has 0 aromatic heterocycles. The number of aryl methyl sites for hydroxylation is 1. The van der Waals surface area contributed by atoms with Gasteiger partial charge in [0.25, 0.3) is 0 Å². The molecule has 0 saturated carbocycles. The number of methoxy groups -OCH3 is 2. The monoisotopic (exact) mass is 348 g/mol. The average Bonchev–Trinajstić information content (AvgIpc) is 2.69. The van der Waals surface area contributed by atoms with E-state index >= 15 is 0 Å². The molecule has 136 valence electrons. The Bertz CT molecular complexity index is 752. The normalized spacial score (nSPS) is 14.1. The first kappa shape index (κ1) is 15.0. The molecule has 0 bridgehead atoms. The number of hydrogen-bond donors (Lipinski definition) is 2. The second-order valence-electron chi connectivity index (χ2n) is 5.64. The van der Waals surface area contributed by atoms with E-state index in [0.29, 0.717) is 30.3 Å². The van der Waals surface area contributed by atoms with Gasteiger partial charge in [0.2, 0.25) is 0 Å². The van der Waals surface area contributed by atoms with E-state index in [1.165, 1.54) is 12.1 Å². The first-order chi connectivity index (χ1) is 13.3. The molecule has 0 aliphatic carbocycles. The molecule has 1 unspecified atom stereocenters. The van der Waals surface area contributed by atoms with Gasteiger partial charge in [-0.3, -0.25) is 0 Å². The number of aliphatic hydroxyl groups excluding tert-OH is 1. The summed E-state index contributed by atoms with van der Waals surface area (Å²) in [7, 11) is 3.20. The minimum absolute atomic E-state index is 0.0772. The smallest absolute Gasteiger partial charge is 0.160 e. The van der Waals surface area contributed by atoms with Crippen molar-refractivity contribution in [1.82, 2.24) is 5.32 Å². The Kier molecular flexibility index (Phi) is 5.97. The standard InChI is InChI=1S/C20H27NO4/c1-15-5-4-6-18(11-15)25-14-17(22)13-21-10-9-16-7-8-19(23-2)20(12-16)24-3/h4-8,11-12,17,21-22H,9-10,13-14H2,1-3H3/i1D3. The van der Waals surface area contributed by atoms with Crippen LogP contribution in [0.5, 0.6) is 17.2 Å². The van der Waals surface area contributed by atoms with Gasteiger partial charge in [0.1, 0.15) is 18.5 Å². The molecular formula is C20H27NO4. The van der Waals surface area contributed by atoms with Crippen molar-refractivity contribution < 1.29 is 23.4 Å². The maximum Gasteiger partial charge on any atom is 0.160 e. The van der Waals surface area contributed by atoms with Crippen molar-refractivity contribution in [1.29, 1.82) is 0 Å². The van der Waals surface area contributed by atoms with Crippen molar-refractivity contribution in [3.8, 4) is 17.2 Å². The molecule has 0 amide bonds. The molecular weight excluding hydrogens is 318 g/mol. The van der Waals surface area contributed by atoms with Crippen LogP contribution in [0.2, 0.25) is 0 Å². The minimum Gasteiger partial charge on any atom is -0.493 e. The van der Waals surface area contributed by atoms with Crippen LogP contribution in [0.15, 0.2) is 42.5 Å². The molecule has 1 atom stereocenters. The predicted molar refractivity (Wildman–Crippen MR) is 98.8 cm³/mol. The molecule has 5 heteroatoms. The van der Waals surface area contributed by atoms with Crippen molar-refractivity contribution in [3.63, 3.8) is 0 Å². The van der Waals surface area contributed by atoms with E-state index in [1.54, 1.807) is 26.4 Å². The van der Waals surface area contributed by atoms with E-state index in [4.69, 9.17) is 18.3 Å². The highest BCUT2D eigenvalue weighted by molar-refractivity contribution is 5.42. The van der Waals surface area contributed by atoms with Gasteiger partial charge in [-0.2, -0.15) is 0 Å². The van der Waals surface area contributed by atoms with Crippen molar-refractivity contribution >= 4 is 0 Å².